The summed E-state index contributed by atoms with van der Waals surface area (Å²) < 4.78 is 14.3. The average Bonchev–Trinajstić information content (AvgIpc) is 2.49. The van der Waals surface area contributed by atoms with E-state index in [1.165, 1.54) is 18.5 Å². The van der Waals surface area contributed by atoms with Crippen molar-refractivity contribution < 1.29 is 9.18 Å². The molecule has 0 radical (unpaired) electrons. The van der Waals surface area contributed by atoms with E-state index in [0.717, 1.165) is 10.6 Å². The second kappa shape index (κ2) is 6.16. The highest BCUT2D eigenvalue weighted by atomic mass is 19.1. The van der Waals surface area contributed by atoms with Crippen LogP contribution in [0.4, 0.5) is 4.39 Å². The number of nitriles is 1. The molecule has 1 aromatic heterocycles. The number of amides is 1. The molecule has 1 amide bonds. The molecule has 1 atom stereocenters. The number of hydrogen-bond donors (Lipinski definition) is 1. The van der Waals surface area contributed by atoms with E-state index in [-0.39, 0.29) is 23.4 Å². The summed E-state index contributed by atoms with van der Waals surface area (Å²) in [6, 6.07) is 5.73. The molecule has 0 aliphatic heterocycles. The van der Waals surface area contributed by atoms with Crippen LogP contribution < -0.4 is 10.9 Å². The standard InChI is InChI=1S/C16H17FN4O2/c1-10(2)16(3,8-18)20-14(22)7-21-9-19-13-6-11(17)4-5-12(13)15(21)23/h4-6,9-10H,7H2,1-3H3,(H,20,22). The van der Waals surface area contributed by atoms with Gasteiger partial charge in [0.15, 0.2) is 0 Å². The zero-order chi connectivity index (χ0) is 17.2. The van der Waals surface area contributed by atoms with Crippen LogP contribution in [-0.2, 0) is 11.3 Å². The third kappa shape index (κ3) is 3.37. The molecule has 0 bridgehead atoms. The SMILES string of the molecule is CC(C)C(C)(C#N)NC(=O)Cn1cnc2cc(F)ccc2c1=O. The number of nitrogens with one attached hydrogen (secondary N) is 1. The summed E-state index contributed by atoms with van der Waals surface area (Å²) in [4.78, 5) is 28.4. The second-order valence-electron chi connectivity index (χ2n) is 5.86. The van der Waals surface area contributed by atoms with Crippen LogP contribution in [0.3, 0.4) is 0 Å². The molecule has 120 valence electrons. The van der Waals surface area contributed by atoms with Crippen LogP contribution in [0.25, 0.3) is 10.9 Å². The quantitative estimate of drug-likeness (QED) is 0.928. The van der Waals surface area contributed by atoms with Crippen molar-refractivity contribution in [3.8, 4) is 6.07 Å². The Labute approximate surface area is 132 Å². The largest absolute Gasteiger partial charge is 0.336 e. The molecule has 0 aliphatic rings. The fourth-order valence-corrected chi connectivity index (χ4v) is 2.03. The molecular weight excluding hydrogens is 299 g/mol. The first-order valence-corrected chi connectivity index (χ1v) is 7.14. The van der Waals surface area contributed by atoms with Crippen molar-refractivity contribution in [2.24, 2.45) is 5.92 Å². The van der Waals surface area contributed by atoms with E-state index in [9.17, 15) is 19.2 Å². The van der Waals surface area contributed by atoms with E-state index in [0.29, 0.717) is 0 Å². The van der Waals surface area contributed by atoms with Crippen LogP contribution in [0.1, 0.15) is 20.8 Å². The number of aromatic nitrogens is 2. The molecule has 1 heterocycles. The summed E-state index contributed by atoms with van der Waals surface area (Å²) in [6.45, 7) is 5.01. The summed E-state index contributed by atoms with van der Waals surface area (Å²) >= 11 is 0. The minimum absolute atomic E-state index is 0.0918. The molecule has 0 spiro atoms. The van der Waals surface area contributed by atoms with Gasteiger partial charge in [0.1, 0.15) is 17.9 Å². The van der Waals surface area contributed by atoms with Crippen LogP contribution in [0.15, 0.2) is 29.3 Å². The topological polar surface area (TPSA) is 87.8 Å². The lowest BCUT2D eigenvalue weighted by Gasteiger charge is -2.27. The third-order valence-corrected chi connectivity index (χ3v) is 3.89. The first kappa shape index (κ1) is 16.6. The van der Waals surface area contributed by atoms with Gasteiger partial charge in [-0.2, -0.15) is 5.26 Å². The van der Waals surface area contributed by atoms with Gasteiger partial charge in [0.2, 0.25) is 5.91 Å². The number of carbonyl (C=O) groups is 1. The predicted molar refractivity (Wildman–Crippen MR) is 83.0 cm³/mol. The first-order valence-electron chi connectivity index (χ1n) is 7.14. The van der Waals surface area contributed by atoms with E-state index in [4.69, 9.17) is 0 Å². The molecule has 6 nitrogen and oxygen atoms in total. The molecule has 0 saturated carbocycles. The lowest BCUT2D eigenvalue weighted by molar-refractivity contribution is -0.123. The number of nitrogens with zero attached hydrogens (tertiary/aromatic N) is 3. The van der Waals surface area contributed by atoms with Gasteiger partial charge in [0, 0.05) is 6.07 Å². The van der Waals surface area contributed by atoms with E-state index < -0.39 is 22.8 Å². The minimum Gasteiger partial charge on any atom is -0.336 e. The van der Waals surface area contributed by atoms with Crippen LogP contribution in [0, 0.1) is 23.1 Å². The average molecular weight is 316 g/mol. The number of benzene rings is 1. The fourth-order valence-electron chi connectivity index (χ4n) is 2.03. The Morgan fingerprint density at radius 3 is 2.83 bits per heavy atom. The van der Waals surface area contributed by atoms with Crippen LogP contribution in [0.2, 0.25) is 0 Å². The van der Waals surface area contributed by atoms with Crippen molar-refractivity contribution in [2.75, 3.05) is 0 Å². The van der Waals surface area contributed by atoms with Gasteiger partial charge in [0.05, 0.1) is 23.3 Å². The van der Waals surface area contributed by atoms with Gasteiger partial charge in [-0.25, -0.2) is 9.37 Å². The van der Waals surface area contributed by atoms with E-state index >= 15 is 0 Å². The van der Waals surface area contributed by atoms with Gasteiger partial charge in [-0.15, -0.1) is 0 Å². The third-order valence-electron chi connectivity index (χ3n) is 3.89. The highest BCUT2D eigenvalue weighted by Gasteiger charge is 2.30. The van der Waals surface area contributed by atoms with Crippen molar-refractivity contribution in [2.45, 2.75) is 32.9 Å². The highest BCUT2D eigenvalue weighted by Crippen LogP contribution is 2.15. The van der Waals surface area contributed by atoms with E-state index in [1.807, 2.05) is 13.8 Å². The molecule has 0 fully saturated rings. The van der Waals surface area contributed by atoms with Crippen molar-refractivity contribution >= 4 is 16.8 Å². The monoisotopic (exact) mass is 316 g/mol. The highest BCUT2D eigenvalue weighted by molar-refractivity contribution is 5.79. The Morgan fingerprint density at radius 2 is 2.22 bits per heavy atom. The normalized spacial score (nSPS) is 13.6. The number of halogens is 1. The maximum absolute atomic E-state index is 13.1. The Kier molecular flexibility index (Phi) is 4.45. The summed E-state index contributed by atoms with van der Waals surface area (Å²) in [7, 11) is 0. The molecule has 0 saturated heterocycles. The summed E-state index contributed by atoms with van der Waals surface area (Å²) in [6.07, 6.45) is 1.20. The van der Waals surface area contributed by atoms with Crippen LogP contribution >= 0.6 is 0 Å². The van der Waals surface area contributed by atoms with Crippen molar-refractivity contribution in [3.05, 3.63) is 40.7 Å². The van der Waals surface area contributed by atoms with Crippen molar-refractivity contribution in [1.29, 1.82) is 5.26 Å². The van der Waals surface area contributed by atoms with E-state index in [1.54, 1.807) is 6.92 Å². The summed E-state index contributed by atoms with van der Waals surface area (Å²) in [5, 5.41) is 12.1. The van der Waals surface area contributed by atoms with Crippen LogP contribution in [0.5, 0.6) is 0 Å². The Morgan fingerprint density at radius 1 is 1.52 bits per heavy atom. The van der Waals surface area contributed by atoms with Gasteiger partial charge in [-0.3, -0.25) is 14.2 Å². The van der Waals surface area contributed by atoms with Gasteiger partial charge in [-0.05, 0) is 25.0 Å². The molecule has 23 heavy (non-hydrogen) atoms. The predicted octanol–water partition coefficient (Wildman–Crippen LogP) is 1.59. The van der Waals surface area contributed by atoms with Gasteiger partial charge < -0.3 is 5.32 Å². The van der Waals surface area contributed by atoms with Crippen molar-refractivity contribution in [3.63, 3.8) is 0 Å². The summed E-state index contributed by atoms with van der Waals surface area (Å²) in [5.74, 6) is -1.04. The lowest BCUT2D eigenvalue weighted by Crippen LogP contribution is -2.50. The first-order chi connectivity index (χ1) is 10.8. The summed E-state index contributed by atoms with van der Waals surface area (Å²) in [5.41, 5.74) is -1.22. The van der Waals surface area contributed by atoms with E-state index in [2.05, 4.69) is 16.4 Å². The van der Waals surface area contributed by atoms with Gasteiger partial charge in [-0.1, -0.05) is 13.8 Å². The molecule has 1 unspecified atom stereocenters. The number of carbonyl (C=O) groups excluding carboxylic acids is 1. The maximum Gasteiger partial charge on any atom is 0.261 e. The molecule has 0 aliphatic carbocycles. The molecule has 2 rings (SSSR count). The Balaban J connectivity index is 2.27. The zero-order valence-electron chi connectivity index (χ0n) is 13.1. The number of rotatable bonds is 4. The van der Waals surface area contributed by atoms with Crippen molar-refractivity contribution in [1.82, 2.24) is 14.9 Å². The maximum atomic E-state index is 13.1. The molecular formula is C16H17FN4O2. The fraction of sp³-hybridized carbons (Fsp3) is 0.375. The molecule has 7 heteroatoms. The smallest absolute Gasteiger partial charge is 0.261 e. The minimum atomic E-state index is -1.02. The lowest BCUT2D eigenvalue weighted by atomic mass is 9.90. The molecule has 1 aromatic carbocycles. The number of fused-ring (bicyclic) bond motifs is 1. The van der Waals surface area contributed by atoms with Gasteiger partial charge in [0.25, 0.3) is 5.56 Å². The Hall–Kier alpha value is -2.75. The second-order valence-corrected chi connectivity index (χ2v) is 5.86. The molecule has 2 aromatic rings. The van der Waals surface area contributed by atoms with Gasteiger partial charge >= 0.3 is 0 Å². The number of hydrogen-bond acceptors (Lipinski definition) is 4. The molecule has 1 N–H and O–H groups in total. The van der Waals surface area contributed by atoms with Crippen LogP contribution in [-0.4, -0.2) is 21.0 Å². The Bertz CT molecular complexity index is 853. The zero-order valence-corrected chi connectivity index (χ0v) is 13.1.